The summed E-state index contributed by atoms with van der Waals surface area (Å²) >= 11 is 0. The van der Waals surface area contributed by atoms with Gasteiger partial charge >= 0.3 is 0 Å². The Morgan fingerprint density at radius 3 is 2.27 bits per heavy atom. The van der Waals surface area contributed by atoms with Gasteiger partial charge in [0.05, 0.1) is 25.9 Å². The molecule has 3 nitrogen and oxygen atoms in total. The fourth-order valence-corrected chi connectivity index (χ4v) is 0.612. The van der Waals surface area contributed by atoms with Crippen LogP contribution in [0.4, 0.5) is 0 Å². The topological polar surface area (TPSA) is 44.5 Å². The number of nitrogens with two attached hydrogens (primary N) is 1. The van der Waals surface area contributed by atoms with E-state index in [0.29, 0.717) is 19.8 Å². The molecule has 3 heteroatoms. The normalized spacial score (nSPS) is 13.9. The van der Waals surface area contributed by atoms with Crippen molar-refractivity contribution >= 4 is 0 Å². The summed E-state index contributed by atoms with van der Waals surface area (Å²) in [6.45, 7) is 7.84. The average Bonchev–Trinajstić information content (AvgIpc) is 1.85. The van der Waals surface area contributed by atoms with Crippen LogP contribution < -0.4 is 5.73 Å². The highest BCUT2D eigenvalue weighted by Crippen LogP contribution is 1.87. The Labute approximate surface area is 68.9 Å². The zero-order valence-corrected chi connectivity index (χ0v) is 7.67. The predicted octanol–water partition coefficient (Wildman–Crippen LogP) is 0.775. The smallest absolute Gasteiger partial charge is 0.0703 e. The van der Waals surface area contributed by atoms with E-state index in [1.54, 1.807) is 0 Å². The third-order valence-corrected chi connectivity index (χ3v) is 1.06. The van der Waals surface area contributed by atoms with Crippen LogP contribution in [0.1, 0.15) is 20.8 Å². The quantitative estimate of drug-likeness (QED) is 0.585. The molecule has 11 heavy (non-hydrogen) atoms. The van der Waals surface area contributed by atoms with Gasteiger partial charge in [-0.05, 0) is 20.8 Å². The lowest BCUT2D eigenvalue weighted by molar-refractivity contribution is 0.0172. The summed E-state index contributed by atoms with van der Waals surface area (Å²) in [5, 5.41) is 0. The van der Waals surface area contributed by atoms with Crippen molar-refractivity contribution < 1.29 is 9.47 Å². The molecule has 0 bridgehead atoms. The molecule has 68 valence electrons. The second-order valence-corrected chi connectivity index (χ2v) is 2.97. The van der Waals surface area contributed by atoms with Gasteiger partial charge in [0, 0.05) is 6.04 Å². The van der Waals surface area contributed by atoms with E-state index in [1.165, 1.54) is 0 Å². The van der Waals surface area contributed by atoms with Crippen molar-refractivity contribution in [2.45, 2.75) is 32.9 Å². The van der Waals surface area contributed by atoms with Gasteiger partial charge in [-0.3, -0.25) is 0 Å². The van der Waals surface area contributed by atoms with E-state index < -0.39 is 0 Å². The van der Waals surface area contributed by atoms with Gasteiger partial charge in [-0.15, -0.1) is 0 Å². The Hall–Kier alpha value is -0.120. The first kappa shape index (κ1) is 10.9. The molecule has 0 amide bonds. The van der Waals surface area contributed by atoms with Gasteiger partial charge in [-0.1, -0.05) is 0 Å². The van der Waals surface area contributed by atoms with E-state index in [9.17, 15) is 0 Å². The average molecular weight is 161 g/mol. The molecule has 0 aromatic heterocycles. The SMILES string of the molecule is CC(C)OCCOC[C@H](C)N. The molecule has 1 atom stereocenters. The maximum absolute atomic E-state index is 5.47. The first-order valence-corrected chi connectivity index (χ1v) is 4.08. The lowest BCUT2D eigenvalue weighted by Gasteiger charge is -2.09. The number of ether oxygens (including phenoxy) is 2. The Morgan fingerprint density at radius 1 is 1.18 bits per heavy atom. The standard InChI is InChI=1S/C8H19NO2/c1-7(2)11-5-4-10-6-8(3)9/h7-8H,4-6,9H2,1-3H3/t8-/m0/s1. The summed E-state index contributed by atoms with van der Waals surface area (Å²) in [6.07, 6.45) is 0.286. The molecule has 2 N–H and O–H groups in total. The summed E-state index contributed by atoms with van der Waals surface area (Å²) in [5.74, 6) is 0. The molecule has 0 saturated carbocycles. The molecule has 0 spiro atoms. The lowest BCUT2D eigenvalue weighted by Crippen LogP contribution is -2.23. The Bertz CT molecular complexity index is 74.2. The zero-order valence-electron chi connectivity index (χ0n) is 7.67. The highest BCUT2D eigenvalue weighted by molar-refractivity contribution is 4.48. The largest absolute Gasteiger partial charge is 0.377 e. The van der Waals surface area contributed by atoms with E-state index in [-0.39, 0.29) is 12.1 Å². The van der Waals surface area contributed by atoms with Crippen LogP contribution >= 0.6 is 0 Å². The highest BCUT2D eigenvalue weighted by atomic mass is 16.5. The molecule has 0 rings (SSSR count). The molecule has 0 aromatic carbocycles. The van der Waals surface area contributed by atoms with Crippen LogP contribution in [0.25, 0.3) is 0 Å². The third-order valence-electron chi connectivity index (χ3n) is 1.06. The zero-order chi connectivity index (χ0) is 8.69. The molecule has 0 aliphatic rings. The molecule has 0 aromatic rings. The fraction of sp³-hybridized carbons (Fsp3) is 1.00. The summed E-state index contributed by atoms with van der Waals surface area (Å²) < 4.78 is 10.5. The van der Waals surface area contributed by atoms with Gasteiger partial charge < -0.3 is 15.2 Å². The summed E-state index contributed by atoms with van der Waals surface area (Å²) in [7, 11) is 0. The lowest BCUT2D eigenvalue weighted by atomic mass is 10.4. The van der Waals surface area contributed by atoms with Crippen molar-refractivity contribution in [3.8, 4) is 0 Å². The molecule has 0 saturated heterocycles. The first-order valence-electron chi connectivity index (χ1n) is 4.08. The van der Waals surface area contributed by atoms with E-state index in [2.05, 4.69) is 0 Å². The van der Waals surface area contributed by atoms with Crippen molar-refractivity contribution in [3.05, 3.63) is 0 Å². The summed E-state index contributed by atoms with van der Waals surface area (Å²) in [5.41, 5.74) is 5.47. The van der Waals surface area contributed by atoms with E-state index in [4.69, 9.17) is 15.2 Å². The van der Waals surface area contributed by atoms with Crippen LogP contribution in [0.3, 0.4) is 0 Å². The molecular weight excluding hydrogens is 142 g/mol. The van der Waals surface area contributed by atoms with E-state index in [0.717, 1.165) is 0 Å². The highest BCUT2D eigenvalue weighted by Gasteiger charge is 1.95. The minimum Gasteiger partial charge on any atom is -0.377 e. The van der Waals surface area contributed by atoms with Crippen LogP contribution in [0.2, 0.25) is 0 Å². The first-order chi connectivity index (χ1) is 5.13. The van der Waals surface area contributed by atoms with Gasteiger partial charge in [0.1, 0.15) is 0 Å². The second-order valence-electron chi connectivity index (χ2n) is 2.97. The van der Waals surface area contributed by atoms with Gasteiger partial charge in [0.2, 0.25) is 0 Å². The van der Waals surface area contributed by atoms with Crippen molar-refractivity contribution in [2.75, 3.05) is 19.8 Å². The maximum Gasteiger partial charge on any atom is 0.0703 e. The minimum absolute atomic E-state index is 0.119. The van der Waals surface area contributed by atoms with Crippen molar-refractivity contribution in [1.82, 2.24) is 0 Å². The van der Waals surface area contributed by atoms with Gasteiger partial charge in [-0.25, -0.2) is 0 Å². The minimum atomic E-state index is 0.119. The predicted molar refractivity (Wildman–Crippen MR) is 45.6 cm³/mol. The summed E-state index contributed by atoms with van der Waals surface area (Å²) in [6, 6.07) is 0.119. The Balaban J connectivity index is 2.91. The number of hydrogen-bond donors (Lipinski definition) is 1. The van der Waals surface area contributed by atoms with E-state index in [1.807, 2.05) is 20.8 Å². The maximum atomic E-state index is 5.47. The molecule has 0 aliphatic heterocycles. The Morgan fingerprint density at radius 2 is 1.82 bits per heavy atom. The van der Waals surface area contributed by atoms with Crippen molar-refractivity contribution in [3.63, 3.8) is 0 Å². The monoisotopic (exact) mass is 161 g/mol. The van der Waals surface area contributed by atoms with Crippen molar-refractivity contribution in [1.29, 1.82) is 0 Å². The molecule has 0 fully saturated rings. The van der Waals surface area contributed by atoms with Gasteiger partial charge in [-0.2, -0.15) is 0 Å². The van der Waals surface area contributed by atoms with Crippen LogP contribution in [0.15, 0.2) is 0 Å². The van der Waals surface area contributed by atoms with Crippen LogP contribution in [0, 0.1) is 0 Å². The third kappa shape index (κ3) is 9.88. The fourth-order valence-electron chi connectivity index (χ4n) is 0.612. The van der Waals surface area contributed by atoms with Crippen LogP contribution in [-0.4, -0.2) is 32.0 Å². The molecule has 0 heterocycles. The second kappa shape index (κ2) is 6.58. The van der Waals surface area contributed by atoms with Gasteiger partial charge in [0.15, 0.2) is 0 Å². The molecule has 0 unspecified atom stereocenters. The number of rotatable bonds is 6. The molecular formula is C8H19NO2. The summed E-state index contributed by atoms with van der Waals surface area (Å²) in [4.78, 5) is 0. The van der Waals surface area contributed by atoms with Crippen LogP contribution in [-0.2, 0) is 9.47 Å². The number of hydrogen-bond acceptors (Lipinski definition) is 3. The van der Waals surface area contributed by atoms with Gasteiger partial charge in [0.25, 0.3) is 0 Å². The molecule has 0 radical (unpaired) electrons. The van der Waals surface area contributed by atoms with Crippen LogP contribution in [0.5, 0.6) is 0 Å². The molecule has 0 aliphatic carbocycles. The van der Waals surface area contributed by atoms with Crippen molar-refractivity contribution in [2.24, 2.45) is 5.73 Å². The Kier molecular flexibility index (Phi) is 6.51. The van der Waals surface area contributed by atoms with E-state index >= 15 is 0 Å².